The number of hydrogen-bond donors (Lipinski definition) is 1. The van der Waals surface area contributed by atoms with Crippen LogP contribution in [0.3, 0.4) is 0 Å². The first-order valence-corrected chi connectivity index (χ1v) is 14.1. The molecule has 0 bridgehead atoms. The zero-order valence-electron chi connectivity index (χ0n) is 23.4. The van der Waals surface area contributed by atoms with Gasteiger partial charge >= 0.3 is 5.97 Å². The van der Waals surface area contributed by atoms with E-state index in [-0.39, 0.29) is 0 Å². The van der Waals surface area contributed by atoms with Crippen molar-refractivity contribution in [1.29, 1.82) is 0 Å². The zero-order chi connectivity index (χ0) is 28.3. The van der Waals surface area contributed by atoms with Gasteiger partial charge in [0.25, 0.3) is 0 Å². The minimum Gasteiger partial charge on any atom is -0.493 e. The average Bonchev–Trinajstić information content (AvgIpc) is 3.30. The van der Waals surface area contributed by atoms with Crippen LogP contribution in [0.2, 0.25) is 0 Å². The first-order chi connectivity index (χ1) is 20.0. The fraction of sp³-hybridized carbons (Fsp3) is 0.162. The van der Waals surface area contributed by atoms with Crippen LogP contribution in [0.5, 0.6) is 5.75 Å². The molecule has 4 nitrogen and oxygen atoms in total. The number of fused-ring (bicyclic) bond motifs is 2. The molecule has 0 fully saturated rings. The lowest BCUT2D eigenvalue weighted by atomic mass is 9.97. The monoisotopic (exact) mass is 539 g/mol. The SMILES string of the molecule is Cc1ccccc1Cn1c(C(=O)O)c(CCCOc2cccc3ccccc23)c2cccc(-c3ccccc3C)c21. The lowest BCUT2D eigenvalue weighted by Crippen LogP contribution is -2.13. The molecule has 0 aliphatic rings. The van der Waals surface area contributed by atoms with Crippen molar-refractivity contribution in [2.45, 2.75) is 33.2 Å². The summed E-state index contributed by atoms with van der Waals surface area (Å²) in [6.45, 7) is 5.16. The number of nitrogens with zero attached hydrogens (tertiary/aromatic N) is 1. The molecule has 1 aromatic heterocycles. The molecule has 0 aliphatic carbocycles. The Morgan fingerprint density at radius 2 is 1.39 bits per heavy atom. The molecule has 0 aliphatic heterocycles. The number of carboxylic acid groups (broad SMARTS) is 1. The Labute approximate surface area is 240 Å². The third-order valence-electron chi connectivity index (χ3n) is 7.99. The van der Waals surface area contributed by atoms with Crippen LogP contribution in [-0.4, -0.2) is 22.2 Å². The summed E-state index contributed by atoms with van der Waals surface area (Å²) >= 11 is 0. The number of aromatic nitrogens is 1. The molecule has 6 rings (SSSR count). The molecule has 5 aromatic carbocycles. The second-order valence-electron chi connectivity index (χ2n) is 10.6. The molecule has 204 valence electrons. The molecule has 0 unspecified atom stereocenters. The van der Waals surface area contributed by atoms with Gasteiger partial charge in [-0.25, -0.2) is 4.79 Å². The Kier molecular flexibility index (Phi) is 7.30. The summed E-state index contributed by atoms with van der Waals surface area (Å²) in [5.41, 5.74) is 7.76. The van der Waals surface area contributed by atoms with Gasteiger partial charge < -0.3 is 14.4 Å². The number of rotatable bonds is 9. The summed E-state index contributed by atoms with van der Waals surface area (Å²) < 4.78 is 8.24. The van der Waals surface area contributed by atoms with Gasteiger partial charge in [-0.1, -0.05) is 103 Å². The zero-order valence-corrected chi connectivity index (χ0v) is 23.4. The van der Waals surface area contributed by atoms with E-state index in [1.807, 2.05) is 59.2 Å². The Morgan fingerprint density at radius 3 is 2.20 bits per heavy atom. The maximum atomic E-state index is 13.0. The number of ether oxygens (including phenoxy) is 1. The minimum absolute atomic E-state index is 0.356. The molecule has 4 heteroatoms. The summed E-state index contributed by atoms with van der Waals surface area (Å²) in [6.07, 6.45) is 1.29. The summed E-state index contributed by atoms with van der Waals surface area (Å²) in [7, 11) is 0. The van der Waals surface area contributed by atoms with E-state index in [2.05, 4.69) is 68.4 Å². The second-order valence-corrected chi connectivity index (χ2v) is 10.6. The molecule has 41 heavy (non-hydrogen) atoms. The van der Waals surface area contributed by atoms with Gasteiger partial charge in [-0.05, 0) is 66.0 Å². The van der Waals surface area contributed by atoms with Crippen LogP contribution in [0.4, 0.5) is 0 Å². The van der Waals surface area contributed by atoms with Gasteiger partial charge in [-0.2, -0.15) is 0 Å². The normalized spacial score (nSPS) is 11.3. The van der Waals surface area contributed by atoms with Crippen molar-refractivity contribution in [3.8, 4) is 16.9 Å². The summed E-state index contributed by atoms with van der Waals surface area (Å²) in [6, 6.07) is 37.0. The highest BCUT2D eigenvalue weighted by molar-refractivity contribution is 6.04. The summed E-state index contributed by atoms with van der Waals surface area (Å²) in [5.74, 6) is -0.0548. The Bertz CT molecular complexity index is 1880. The Balaban J connectivity index is 1.42. The molecular weight excluding hydrogens is 506 g/mol. The number of para-hydroxylation sites is 1. The molecule has 0 amide bonds. The van der Waals surface area contributed by atoms with E-state index in [0.29, 0.717) is 31.7 Å². The number of aromatic carboxylic acids is 1. The number of carboxylic acids is 1. The van der Waals surface area contributed by atoms with Gasteiger partial charge in [0, 0.05) is 22.9 Å². The molecule has 0 saturated heterocycles. The number of carbonyl (C=O) groups is 1. The predicted molar refractivity (Wildman–Crippen MR) is 167 cm³/mol. The lowest BCUT2D eigenvalue weighted by molar-refractivity contribution is 0.0684. The van der Waals surface area contributed by atoms with Crippen molar-refractivity contribution in [2.75, 3.05) is 6.61 Å². The van der Waals surface area contributed by atoms with Crippen molar-refractivity contribution in [1.82, 2.24) is 4.57 Å². The van der Waals surface area contributed by atoms with E-state index in [4.69, 9.17) is 4.74 Å². The highest BCUT2D eigenvalue weighted by Crippen LogP contribution is 2.37. The highest BCUT2D eigenvalue weighted by Gasteiger charge is 2.25. The maximum Gasteiger partial charge on any atom is 0.352 e. The third kappa shape index (κ3) is 5.09. The maximum absolute atomic E-state index is 13.0. The van der Waals surface area contributed by atoms with Gasteiger partial charge in [-0.15, -0.1) is 0 Å². The van der Waals surface area contributed by atoms with Gasteiger partial charge in [0.1, 0.15) is 11.4 Å². The van der Waals surface area contributed by atoms with Gasteiger partial charge in [0.05, 0.1) is 12.1 Å². The molecule has 6 aromatic rings. The van der Waals surface area contributed by atoms with Gasteiger partial charge in [0.2, 0.25) is 0 Å². The van der Waals surface area contributed by atoms with Crippen LogP contribution in [-0.2, 0) is 13.0 Å². The van der Waals surface area contributed by atoms with E-state index in [1.54, 1.807) is 0 Å². The van der Waals surface area contributed by atoms with E-state index < -0.39 is 5.97 Å². The van der Waals surface area contributed by atoms with E-state index in [9.17, 15) is 9.90 Å². The van der Waals surface area contributed by atoms with E-state index in [0.717, 1.165) is 60.8 Å². The Hall–Kier alpha value is -4.83. The first-order valence-electron chi connectivity index (χ1n) is 14.1. The lowest BCUT2D eigenvalue weighted by Gasteiger charge is -2.15. The smallest absolute Gasteiger partial charge is 0.352 e. The average molecular weight is 540 g/mol. The molecule has 0 radical (unpaired) electrons. The largest absolute Gasteiger partial charge is 0.493 e. The van der Waals surface area contributed by atoms with Crippen LogP contribution in [0, 0.1) is 13.8 Å². The van der Waals surface area contributed by atoms with Crippen molar-refractivity contribution >= 4 is 27.6 Å². The third-order valence-corrected chi connectivity index (χ3v) is 7.99. The molecule has 1 heterocycles. The highest BCUT2D eigenvalue weighted by atomic mass is 16.5. The molecule has 0 saturated carbocycles. The summed E-state index contributed by atoms with van der Waals surface area (Å²) in [5, 5.41) is 13.8. The number of hydrogen-bond acceptors (Lipinski definition) is 2. The molecule has 1 N–H and O–H groups in total. The van der Waals surface area contributed by atoms with Crippen LogP contribution < -0.4 is 4.74 Å². The van der Waals surface area contributed by atoms with Crippen molar-refractivity contribution in [3.63, 3.8) is 0 Å². The second kappa shape index (κ2) is 11.3. The molecular formula is C37H33NO3. The molecule has 0 atom stereocenters. The van der Waals surface area contributed by atoms with Gasteiger partial charge in [-0.3, -0.25) is 0 Å². The van der Waals surface area contributed by atoms with Gasteiger partial charge in [0.15, 0.2) is 0 Å². The topological polar surface area (TPSA) is 51.5 Å². The molecule has 0 spiro atoms. The predicted octanol–water partition coefficient (Wildman–Crippen LogP) is 8.84. The Morgan fingerprint density at radius 1 is 0.732 bits per heavy atom. The first kappa shape index (κ1) is 26.4. The number of aryl methyl sites for hydroxylation is 3. The van der Waals surface area contributed by atoms with Crippen LogP contribution in [0.1, 0.15) is 39.2 Å². The van der Waals surface area contributed by atoms with Crippen molar-refractivity contribution in [2.24, 2.45) is 0 Å². The van der Waals surface area contributed by atoms with Crippen molar-refractivity contribution in [3.05, 3.63) is 137 Å². The number of benzene rings is 5. The van der Waals surface area contributed by atoms with Crippen LogP contribution in [0.15, 0.2) is 109 Å². The fourth-order valence-electron chi connectivity index (χ4n) is 5.94. The van der Waals surface area contributed by atoms with E-state index in [1.165, 1.54) is 0 Å². The standard InChI is InChI=1S/C37H33NO3/c1-25-12-3-5-15-28(25)24-38-35-31(29-17-7-4-13-26(29)2)19-10-20-32(35)33(36(38)37(39)40)21-11-23-41-34-22-9-16-27-14-6-8-18-30(27)34/h3-10,12-20,22H,11,21,23-24H2,1-2H3,(H,39,40). The fourth-order valence-corrected chi connectivity index (χ4v) is 5.94. The quantitative estimate of drug-likeness (QED) is 0.187. The van der Waals surface area contributed by atoms with E-state index >= 15 is 0 Å². The van der Waals surface area contributed by atoms with Crippen molar-refractivity contribution < 1.29 is 14.6 Å². The van der Waals surface area contributed by atoms with Crippen LogP contribution >= 0.6 is 0 Å². The summed E-state index contributed by atoms with van der Waals surface area (Å²) in [4.78, 5) is 13.0. The minimum atomic E-state index is -0.907. The van der Waals surface area contributed by atoms with Crippen LogP contribution in [0.25, 0.3) is 32.8 Å².